The second kappa shape index (κ2) is 6.30. The van der Waals surface area contributed by atoms with E-state index in [0.717, 1.165) is 5.39 Å². The van der Waals surface area contributed by atoms with Crippen molar-refractivity contribution in [1.29, 1.82) is 0 Å². The van der Waals surface area contributed by atoms with Crippen LogP contribution in [0.3, 0.4) is 0 Å². The third-order valence-corrected chi connectivity index (χ3v) is 4.80. The Balaban J connectivity index is 2.41. The number of rotatable bonds is 6. The first-order valence-electron chi connectivity index (χ1n) is 6.54. The number of hydrogen-bond acceptors (Lipinski definition) is 4. The van der Waals surface area contributed by atoms with Gasteiger partial charge in [0.2, 0.25) is 10.0 Å². The van der Waals surface area contributed by atoms with E-state index in [9.17, 15) is 8.42 Å². The second-order valence-electron chi connectivity index (χ2n) is 4.59. The van der Waals surface area contributed by atoms with Crippen LogP contribution in [0.2, 0.25) is 0 Å². The van der Waals surface area contributed by atoms with Crippen molar-refractivity contribution < 1.29 is 13.5 Å². The fourth-order valence-electron chi connectivity index (χ4n) is 2.11. The van der Waals surface area contributed by atoms with Crippen LogP contribution in [-0.4, -0.2) is 31.2 Å². The van der Waals surface area contributed by atoms with Crippen LogP contribution in [0.1, 0.15) is 19.8 Å². The number of nitrogens with one attached hydrogen (secondary N) is 1. The number of aliphatic hydroxyl groups excluding tert-OH is 1. The first-order chi connectivity index (χ1) is 9.58. The van der Waals surface area contributed by atoms with Crippen LogP contribution < -0.4 is 4.72 Å². The summed E-state index contributed by atoms with van der Waals surface area (Å²) in [5.41, 5.74) is 0. The van der Waals surface area contributed by atoms with Crippen molar-refractivity contribution in [2.75, 3.05) is 6.61 Å². The van der Waals surface area contributed by atoms with Crippen LogP contribution >= 0.6 is 0 Å². The molecule has 0 saturated heterocycles. The Kier molecular flexibility index (Phi) is 4.69. The predicted molar refractivity (Wildman–Crippen MR) is 77.8 cm³/mol. The topological polar surface area (TPSA) is 79.3 Å². The number of aromatic nitrogens is 1. The van der Waals surface area contributed by atoms with Crippen LogP contribution in [-0.2, 0) is 10.0 Å². The zero-order valence-corrected chi connectivity index (χ0v) is 12.1. The number of hydrogen-bond donors (Lipinski definition) is 2. The summed E-state index contributed by atoms with van der Waals surface area (Å²) in [6, 6.07) is 6.53. The lowest BCUT2D eigenvalue weighted by Crippen LogP contribution is -2.35. The lowest BCUT2D eigenvalue weighted by molar-refractivity contribution is 0.270. The van der Waals surface area contributed by atoms with E-state index in [2.05, 4.69) is 9.71 Å². The molecule has 0 saturated carbocycles. The first kappa shape index (κ1) is 14.9. The van der Waals surface area contributed by atoms with Gasteiger partial charge in [0.1, 0.15) is 0 Å². The molecule has 2 N–H and O–H groups in total. The van der Waals surface area contributed by atoms with Crippen LogP contribution in [0.4, 0.5) is 0 Å². The molecule has 1 heterocycles. The van der Waals surface area contributed by atoms with E-state index in [0.29, 0.717) is 18.2 Å². The summed E-state index contributed by atoms with van der Waals surface area (Å²) >= 11 is 0. The van der Waals surface area contributed by atoms with E-state index >= 15 is 0 Å². The predicted octanol–water partition coefficient (Wildman–Crippen LogP) is 1.67. The van der Waals surface area contributed by atoms with Gasteiger partial charge >= 0.3 is 0 Å². The molecule has 1 unspecified atom stereocenters. The average Bonchev–Trinajstić information content (AvgIpc) is 2.46. The van der Waals surface area contributed by atoms with Gasteiger partial charge in [-0.2, -0.15) is 0 Å². The van der Waals surface area contributed by atoms with Crippen molar-refractivity contribution in [1.82, 2.24) is 9.71 Å². The van der Waals surface area contributed by atoms with Gasteiger partial charge < -0.3 is 5.11 Å². The molecule has 0 radical (unpaired) electrons. The highest BCUT2D eigenvalue weighted by Gasteiger charge is 2.20. The SMILES string of the molecule is CCC(CCO)NS(=O)(=O)c1cccc2cnccc12. The highest BCUT2D eigenvalue weighted by molar-refractivity contribution is 7.89. The van der Waals surface area contributed by atoms with E-state index in [1.54, 1.807) is 30.6 Å². The number of sulfonamides is 1. The number of fused-ring (bicyclic) bond motifs is 1. The van der Waals surface area contributed by atoms with Gasteiger partial charge in [-0.3, -0.25) is 4.98 Å². The van der Waals surface area contributed by atoms with E-state index in [-0.39, 0.29) is 17.5 Å². The maximum absolute atomic E-state index is 12.5. The normalized spacial score (nSPS) is 13.5. The molecule has 1 aromatic carbocycles. The molecule has 1 atom stereocenters. The van der Waals surface area contributed by atoms with Gasteiger partial charge in [-0.25, -0.2) is 13.1 Å². The minimum atomic E-state index is -3.61. The molecule has 0 aliphatic carbocycles. The van der Waals surface area contributed by atoms with Gasteiger partial charge in [0, 0.05) is 35.8 Å². The fraction of sp³-hybridized carbons (Fsp3) is 0.357. The molecule has 2 rings (SSSR count). The zero-order chi connectivity index (χ0) is 14.6. The summed E-state index contributed by atoms with van der Waals surface area (Å²) in [5, 5.41) is 10.4. The van der Waals surface area contributed by atoms with Gasteiger partial charge in [0.05, 0.1) is 4.90 Å². The van der Waals surface area contributed by atoms with Gasteiger partial charge in [0.25, 0.3) is 0 Å². The lowest BCUT2D eigenvalue weighted by atomic mass is 10.2. The van der Waals surface area contributed by atoms with Crippen LogP contribution in [0.5, 0.6) is 0 Å². The molecule has 6 heteroatoms. The fourth-order valence-corrected chi connectivity index (χ4v) is 3.70. The summed E-state index contributed by atoms with van der Waals surface area (Å²) in [4.78, 5) is 4.24. The molecule has 20 heavy (non-hydrogen) atoms. The molecule has 0 aliphatic rings. The Morgan fingerprint density at radius 3 is 2.85 bits per heavy atom. The highest BCUT2D eigenvalue weighted by atomic mass is 32.2. The van der Waals surface area contributed by atoms with Gasteiger partial charge in [-0.1, -0.05) is 19.1 Å². The zero-order valence-electron chi connectivity index (χ0n) is 11.3. The van der Waals surface area contributed by atoms with Gasteiger partial charge in [0.15, 0.2) is 0 Å². The molecule has 0 fully saturated rings. The minimum Gasteiger partial charge on any atom is -0.396 e. The third-order valence-electron chi connectivity index (χ3n) is 3.22. The second-order valence-corrected chi connectivity index (χ2v) is 6.27. The largest absolute Gasteiger partial charge is 0.396 e. The van der Waals surface area contributed by atoms with Gasteiger partial charge in [-0.15, -0.1) is 0 Å². The van der Waals surface area contributed by atoms with E-state index in [1.807, 2.05) is 13.0 Å². The van der Waals surface area contributed by atoms with Crippen molar-refractivity contribution >= 4 is 20.8 Å². The minimum absolute atomic E-state index is 0.0412. The molecule has 0 aliphatic heterocycles. The molecule has 0 amide bonds. The third kappa shape index (κ3) is 3.15. The number of aliphatic hydroxyl groups is 1. The molecule has 2 aromatic rings. The number of benzene rings is 1. The molecule has 1 aromatic heterocycles. The Hall–Kier alpha value is -1.50. The Labute approximate surface area is 118 Å². The maximum Gasteiger partial charge on any atom is 0.241 e. The van der Waals surface area contributed by atoms with Crippen molar-refractivity contribution in [3.63, 3.8) is 0 Å². The molecular weight excluding hydrogens is 276 g/mol. The molecule has 0 bridgehead atoms. The quantitative estimate of drug-likeness (QED) is 0.849. The standard InChI is InChI=1S/C14H18N2O3S/c1-2-12(7-9-17)16-20(18,19)14-5-3-4-11-10-15-8-6-13(11)14/h3-6,8,10,12,16-17H,2,7,9H2,1H3. The molecule has 5 nitrogen and oxygen atoms in total. The molecule has 0 spiro atoms. The summed E-state index contributed by atoms with van der Waals surface area (Å²) in [7, 11) is -3.61. The summed E-state index contributed by atoms with van der Waals surface area (Å²) in [6.07, 6.45) is 4.25. The monoisotopic (exact) mass is 294 g/mol. The maximum atomic E-state index is 12.5. The van der Waals surface area contributed by atoms with Gasteiger partial charge in [-0.05, 0) is 25.0 Å². The Morgan fingerprint density at radius 1 is 1.35 bits per heavy atom. The van der Waals surface area contributed by atoms with Crippen LogP contribution in [0.25, 0.3) is 10.8 Å². The number of nitrogens with zero attached hydrogens (tertiary/aromatic N) is 1. The van der Waals surface area contributed by atoms with Crippen molar-refractivity contribution in [3.8, 4) is 0 Å². The number of pyridine rings is 1. The summed E-state index contributed by atoms with van der Waals surface area (Å²) < 4.78 is 27.6. The molecular formula is C14H18N2O3S. The first-order valence-corrected chi connectivity index (χ1v) is 8.02. The average molecular weight is 294 g/mol. The van der Waals surface area contributed by atoms with E-state index in [1.165, 1.54) is 0 Å². The summed E-state index contributed by atoms with van der Waals surface area (Å²) in [6.45, 7) is 1.84. The smallest absolute Gasteiger partial charge is 0.241 e. The Morgan fingerprint density at radius 2 is 2.15 bits per heavy atom. The van der Waals surface area contributed by atoms with Crippen molar-refractivity contribution in [3.05, 3.63) is 36.7 Å². The summed E-state index contributed by atoms with van der Waals surface area (Å²) in [5.74, 6) is 0. The lowest BCUT2D eigenvalue weighted by Gasteiger charge is -2.16. The highest BCUT2D eigenvalue weighted by Crippen LogP contribution is 2.22. The molecule has 108 valence electrons. The van der Waals surface area contributed by atoms with Crippen molar-refractivity contribution in [2.45, 2.75) is 30.7 Å². The van der Waals surface area contributed by atoms with Crippen LogP contribution in [0, 0.1) is 0 Å². The Bertz CT molecular complexity index is 680. The van der Waals surface area contributed by atoms with E-state index < -0.39 is 10.0 Å². The van der Waals surface area contributed by atoms with Crippen LogP contribution in [0.15, 0.2) is 41.6 Å². The van der Waals surface area contributed by atoms with E-state index in [4.69, 9.17) is 5.11 Å². The van der Waals surface area contributed by atoms with Crippen molar-refractivity contribution in [2.24, 2.45) is 0 Å².